The quantitative estimate of drug-likeness (QED) is 0.380. The van der Waals surface area contributed by atoms with E-state index in [0.29, 0.717) is 6.61 Å². The van der Waals surface area contributed by atoms with Crippen LogP contribution in [0.25, 0.3) is 0 Å². The van der Waals surface area contributed by atoms with E-state index in [0.717, 1.165) is 19.3 Å². The van der Waals surface area contributed by atoms with E-state index < -0.39 is 5.97 Å². The molecule has 0 bridgehead atoms. The number of carboxylic acids is 1. The van der Waals surface area contributed by atoms with E-state index in [1.54, 1.807) is 12.1 Å². The zero-order valence-corrected chi connectivity index (χ0v) is 15.9. The minimum Gasteiger partial charge on any atom is -0.545 e. The molecule has 1 aromatic rings. The molecule has 0 saturated carbocycles. The smallest absolute Gasteiger partial charge is 0.145 e. The Labute approximate surface area is 147 Å². The molecule has 0 aliphatic heterocycles. The number of carboxylic acid groups (broad SMARTS) is 1. The molecule has 0 amide bonds. The maximum absolute atomic E-state index is 10.8. The first-order valence-electron chi connectivity index (χ1n) is 6.89. The van der Waals surface area contributed by atoms with Crippen molar-refractivity contribution in [2.45, 2.75) is 45.4 Å². The largest absolute Gasteiger partial charge is 0.545 e. The fourth-order valence-electron chi connectivity index (χ4n) is 1.87. The number of carbonyl (C=O) groups is 1. The van der Waals surface area contributed by atoms with E-state index in [1.165, 1.54) is 32.1 Å². The number of halogens is 2. The second-order valence-corrected chi connectivity index (χ2v) is 7.00. The van der Waals surface area contributed by atoms with Gasteiger partial charge in [-0.1, -0.05) is 39.0 Å². The van der Waals surface area contributed by atoms with Crippen LogP contribution < -0.4 is 9.84 Å². The molecule has 0 N–H and O–H groups in total. The molecule has 0 aromatic heterocycles. The van der Waals surface area contributed by atoms with Crippen molar-refractivity contribution < 1.29 is 14.6 Å². The molecule has 1 rings (SSSR count). The van der Waals surface area contributed by atoms with Gasteiger partial charge < -0.3 is 14.6 Å². The lowest BCUT2D eigenvalue weighted by atomic mass is 10.1. The van der Waals surface area contributed by atoms with Crippen molar-refractivity contribution in [1.29, 1.82) is 0 Å². The molecule has 0 aliphatic carbocycles. The SMILES string of the molecule is CCCCCCCCOc1c(I)cc(C(=O)[O-])cc1I. The minimum atomic E-state index is -1.15. The normalized spacial score (nSPS) is 10.6. The van der Waals surface area contributed by atoms with Crippen LogP contribution in [0.3, 0.4) is 0 Å². The van der Waals surface area contributed by atoms with Gasteiger partial charge in [-0.05, 0) is 69.3 Å². The Morgan fingerprint density at radius 1 is 1.10 bits per heavy atom. The number of rotatable bonds is 9. The van der Waals surface area contributed by atoms with Gasteiger partial charge in [0.1, 0.15) is 5.75 Å². The topological polar surface area (TPSA) is 49.4 Å². The van der Waals surface area contributed by atoms with Gasteiger partial charge in [-0.25, -0.2) is 0 Å². The van der Waals surface area contributed by atoms with Crippen molar-refractivity contribution in [3.63, 3.8) is 0 Å². The molecule has 5 heteroatoms. The van der Waals surface area contributed by atoms with Crippen LogP contribution in [0.5, 0.6) is 5.75 Å². The summed E-state index contributed by atoms with van der Waals surface area (Å²) in [4.78, 5) is 10.8. The summed E-state index contributed by atoms with van der Waals surface area (Å²) in [6, 6.07) is 3.18. The van der Waals surface area contributed by atoms with Crippen molar-refractivity contribution >= 4 is 51.2 Å². The second-order valence-electron chi connectivity index (χ2n) is 4.67. The fraction of sp³-hybridized carbons (Fsp3) is 0.533. The molecule has 0 unspecified atom stereocenters. The lowest BCUT2D eigenvalue weighted by Crippen LogP contribution is -2.22. The maximum Gasteiger partial charge on any atom is 0.145 e. The van der Waals surface area contributed by atoms with Gasteiger partial charge in [0.15, 0.2) is 0 Å². The maximum atomic E-state index is 10.8. The van der Waals surface area contributed by atoms with Gasteiger partial charge in [0.2, 0.25) is 0 Å². The average Bonchev–Trinajstić information content (AvgIpc) is 2.40. The highest BCUT2D eigenvalue weighted by molar-refractivity contribution is 14.1. The standard InChI is InChI=1S/C15H20I2O3/c1-2-3-4-5-6-7-8-20-14-12(16)9-11(15(18)19)10-13(14)17/h9-10H,2-8H2,1H3,(H,18,19)/p-1. The van der Waals surface area contributed by atoms with Crippen molar-refractivity contribution in [1.82, 2.24) is 0 Å². The van der Waals surface area contributed by atoms with Crippen molar-refractivity contribution in [3.8, 4) is 5.75 Å². The summed E-state index contributed by atoms with van der Waals surface area (Å²) in [5.41, 5.74) is 0.200. The van der Waals surface area contributed by atoms with E-state index in [-0.39, 0.29) is 5.56 Å². The molecule has 3 nitrogen and oxygen atoms in total. The highest BCUT2D eigenvalue weighted by atomic mass is 127. The van der Waals surface area contributed by atoms with E-state index in [9.17, 15) is 9.90 Å². The number of hydrogen-bond donors (Lipinski definition) is 0. The van der Waals surface area contributed by atoms with Gasteiger partial charge >= 0.3 is 0 Å². The number of carbonyl (C=O) groups excluding carboxylic acids is 1. The van der Waals surface area contributed by atoms with Crippen LogP contribution in [0.2, 0.25) is 0 Å². The third-order valence-electron chi connectivity index (χ3n) is 2.98. The fourth-order valence-corrected chi connectivity index (χ4v) is 3.95. The lowest BCUT2D eigenvalue weighted by molar-refractivity contribution is -0.255. The predicted molar refractivity (Wildman–Crippen MR) is 95.1 cm³/mol. The zero-order chi connectivity index (χ0) is 15.0. The van der Waals surface area contributed by atoms with Gasteiger partial charge in [0.25, 0.3) is 0 Å². The summed E-state index contributed by atoms with van der Waals surface area (Å²) in [5, 5.41) is 10.8. The molecule has 0 spiro atoms. The molecule has 20 heavy (non-hydrogen) atoms. The molecule has 0 heterocycles. The van der Waals surface area contributed by atoms with Crippen molar-refractivity contribution in [2.75, 3.05) is 6.61 Å². The summed E-state index contributed by atoms with van der Waals surface area (Å²) in [6.07, 6.45) is 7.35. The Kier molecular flexibility index (Phi) is 8.83. The van der Waals surface area contributed by atoms with Crippen LogP contribution in [-0.4, -0.2) is 12.6 Å². The van der Waals surface area contributed by atoms with Crippen LogP contribution in [0.1, 0.15) is 55.8 Å². The lowest BCUT2D eigenvalue weighted by Gasteiger charge is -2.12. The average molecular weight is 501 g/mol. The van der Waals surface area contributed by atoms with E-state index >= 15 is 0 Å². The Bertz CT molecular complexity index is 424. The number of benzene rings is 1. The zero-order valence-electron chi connectivity index (χ0n) is 11.6. The molecule has 112 valence electrons. The van der Waals surface area contributed by atoms with Gasteiger partial charge in [0, 0.05) is 0 Å². The predicted octanol–water partition coefficient (Wildman–Crippen LogP) is 4.00. The Hall–Kier alpha value is -0.0500. The third kappa shape index (κ3) is 6.15. The van der Waals surface area contributed by atoms with Crippen molar-refractivity contribution in [3.05, 3.63) is 24.8 Å². The van der Waals surface area contributed by atoms with E-state index in [1.807, 2.05) is 0 Å². The molecule has 0 aliphatic rings. The van der Waals surface area contributed by atoms with Gasteiger partial charge in [-0.2, -0.15) is 0 Å². The Morgan fingerprint density at radius 3 is 2.20 bits per heavy atom. The Balaban J connectivity index is 2.42. The minimum absolute atomic E-state index is 0.200. The summed E-state index contributed by atoms with van der Waals surface area (Å²) in [7, 11) is 0. The molecule has 0 radical (unpaired) electrons. The van der Waals surface area contributed by atoms with Crippen molar-refractivity contribution in [2.24, 2.45) is 0 Å². The summed E-state index contributed by atoms with van der Waals surface area (Å²) in [6.45, 7) is 2.89. The summed E-state index contributed by atoms with van der Waals surface area (Å²) < 4.78 is 7.42. The van der Waals surface area contributed by atoms with Gasteiger partial charge in [0.05, 0.1) is 19.7 Å². The van der Waals surface area contributed by atoms with Crippen LogP contribution in [0, 0.1) is 7.14 Å². The molecular formula is C15H19I2O3-. The number of unbranched alkanes of at least 4 members (excludes halogenated alkanes) is 5. The van der Waals surface area contributed by atoms with Crippen LogP contribution in [0.4, 0.5) is 0 Å². The number of aromatic carboxylic acids is 1. The third-order valence-corrected chi connectivity index (χ3v) is 4.58. The van der Waals surface area contributed by atoms with Crippen LogP contribution in [-0.2, 0) is 0 Å². The monoisotopic (exact) mass is 501 g/mol. The van der Waals surface area contributed by atoms with Gasteiger partial charge in [-0.3, -0.25) is 0 Å². The highest BCUT2D eigenvalue weighted by Crippen LogP contribution is 2.29. The summed E-state index contributed by atoms with van der Waals surface area (Å²) >= 11 is 4.21. The van der Waals surface area contributed by atoms with E-state index in [2.05, 4.69) is 52.1 Å². The first-order valence-corrected chi connectivity index (χ1v) is 9.05. The van der Waals surface area contributed by atoms with Crippen LogP contribution in [0.15, 0.2) is 12.1 Å². The number of ether oxygens (including phenoxy) is 1. The van der Waals surface area contributed by atoms with E-state index in [4.69, 9.17) is 4.74 Å². The van der Waals surface area contributed by atoms with Gasteiger partial charge in [-0.15, -0.1) is 0 Å². The molecule has 1 aromatic carbocycles. The number of hydrogen-bond acceptors (Lipinski definition) is 3. The molecule has 0 saturated heterocycles. The first-order chi connectivity index (χ1) is 9.56. The second kappa shape index (κ2) is 9.81. The highest BCUT2D eigenvalue weighted by Gasteiger charge is 2.09. The molecular weight excluding hydrogens is 482 g/mol. The first kappa shape index (κ1) is 18.0. The summed E-state index contributed by atoms with van der Waals surface area (Å²) in [5.74, 6) is -0.368. The molecule has 0 atom stereocenters. The Morgan fingerprint density at radius 2 is 1.65 bits per heavy atom. The van der Waals surface area contributed by atoms with Crippen LogP contribution >= 0.6 is 45.2 Å². The molecule has 0 fully saturated rings.